The zero-order valence-corrected chi connectivity index (χ0v) is 18.2. The first-order valence-corrected chi connectivity index (χ1v) is 11.1. The molecule has 1 aromatic carbocycles. The zero-order valence-electron chi connectivity index (χ0n) is 18.2. The van der Waals surface area contributed by atoms with Crippen molar-refractivity contribution in [2.75, 3.05) is 18.4 Å². The van der Waals surface area contributed by atoms with E-state index in [1.165, 1.54) is 12.1 Å². The summed E-state index contributed by atoms with van der Waals surface area (Å²) in [4.78, 5) is 19.5. The molecule has 7 heteroatoms. The second-order valence-electron chi connectivity index (χ2n) is 8.66. The number of carbonyl (C=O) groups is 1. The Balaban J connectivity index is 1.35. The fourth-order valence-electron chi connectivity index (χ4n) is 4.23. The van der Waals surface area contributed by atoms with Gasteiger partial charge in [-0.3, -0.25) is 9.89 Å². The number of carbonyl (C=O) groups excluding carboxylic acids is 1. The molecular formula is C24H30FN5O. The fourth-order valence-corrected chi connectivity index (χ4v) is 4.23. The normalized spacial score (nSPS) is 16.8. The Labute approximate surface area is 182 Å². The summed E-state index contributed by atoms with van der Waals surface area (Å²) >= 11 is 0. The number of anilines is 1. The number of likely N-dealkylation sites (tertiary alicyclic amines) is 1. The van der Waals surface area contributed by atoms with E-state index in [0.717, 1.165) is 60.3 Å². The van der Waals surface area contributed by atoms with Crippen molar-refractivity contribution in [1.29, 1.82) is 0 Å². The molecule has 2 N–H and O–H groups in total. The fraction of sp³-hybridized carbons (Fsp3) is 0.458. The number of aromatic nitrogens is 3. The van der Waals surface area contributed by atoms with E-state index in [2.05, 4.69) is 41.5 Å². The van der Waals surface area contributed by atoms with Gasteiger partial charge in [0, 0.05) is 37.2 Å². The minimum Gasteiger partial charge on any atom is -0.366 e. The van der Waals surface area contributed by atoms with Crippen LogP contribution in [0.4, 0.5) is 10.2 Å². The van der Waals surface area contributed by atoms with E-state index < -0.39 is 0 Å². The number of nitrogens with zero attached hydrogens (tertiary/aromatic N) is 3. The number of H-pyrrole nitrogens is 1. The number of pyridine rings is 1. The molecule has 0 aliphatic carbocycles. The molecule has 1 atom stereocenters. The van der Waals surface area contributed by atoms with Crippen molar-refractivity contribution in [1.82, 2.24) is 20.1 Å². The predicted octanol–water partition coefficient (Wildman–Crippen LogP) is 4.65. The number of aryl methyl sites for hydroxylation is 1. The van der Waals surface area contributed by atoms with Crippen LogP contribution in [-0.4, -0.2) is 45.1 Å². The Hall–Kier alpha value is -2.96. The van der Waals surface area contributed by atoms with Gasteiger partial charge in [-0.15, -0.1) is 0 Å². The highest BCUT2D eigenvalue weighted by Crippen LogP contribution is 2.29. The maximum absolute atomic E-state index is 13.0. The van der Waals surface area contributed by atoms with Crippen LogP contribution in [0.5, 0.6) is 0 Å². The Bertz CT molecular complexity index is 1030. The van der Waals surface area contributed by atoms with E-state index in [1.807, 2.05) is 4.90 Å². The third kappa shape index (κ3) is 5.21. The molecule has 1 saturated heterocycles. The standard InChI is InChI=1S/C24H30FN5O/c1-16(2)26-23-20-12-13-21(27-24(20)29-28-23)18-6-4-14-30(15-18)22(31)7-3-5-17-8-10-19(25)11-9-17/h8-13,16,18H,3-7,14-15H2,1-2H3,(H2,26,27,28,29). The van der Waals surface area contributed by atoms with Crippen LogP contribution < -0.4 is 5.32 Å². The Morgan fingerprint density at radius 3 is 2.84 bits per heavy atom. The Morgan fingerprint density at radius 2 is 2.06 bits per heavy atom. The van der Waals surface area contributed by atoms with Gasteiger partial charge in [0.25, 0.3) is 0 Å². The first-order chi connectivity index (χ1) is 15.0. The average Bonchev–Trinajstić information content (AvgIpc) is 3.16. The smallest absolute Gasteiger partial charge is 0.222 e. The van der Waals surface area contributed by atoms with Crippen LogP contribution in [-0.2, 0) is 11.2 Å². The maximum atomic E-state index is 13.0. The van der Waals surface area contributed by atoms with Crippen LogP contribution in [0, 0.1) is 5.82 Å². The topological polar surface area (TPSA) is 73.9 Å². The summed E-state index contributed by atoms with van der Waals surface area (Å²) in [5.41, 5.74) is 2.86. The molecule has 0 spiro atoms. The van der Waals surface area contributed by atoms with E-state index in [0.29, 0.717) is 19.0 Å². The lowest BCUT2D eigenvalue weighted by Crippen LogP contribution is -2.39. The van der Waals surface area contributed by atoms with Crippen molar-refractivity contribution < 1.29 is 9.18 Å². The molecule has 3 heterocycles. The van der Waals surface area contributed by atoms with E-state index in [9.17, 15) is 9.18 Å². The van der Waals surface area contributed by atoms with E-state index >= 15 is 0 Å². The third-order valence-electron chi connectivity index (χ3n) is 5.83. The summed E-state index contributed by atoms with van der Waals surface area (Å²) in [7, 11) is 0. The predicted molar refractivity (Wildman–Crippen MR) is 121 cm³/mol. The van der Waals surface area contributed by atoms with Crippen LogP contribution >= 0.6 is 0 Å². The molecule has 31 heavy (non-hydrogen) atoms. The van der Waals surface area contributed by atoms with Crippen LogP contribution in [0.15, 0.2) is 36.4 Å². The number of fused-ring (bicyclic) bond motifs is 1. The number of hydrogen-bond donors (Lipinski definition) is 2. The third-order valence-corrected chi connectivity index (χ3v) is 5.83. The van der Waals surface area contributed by atoms with Crippen molar-refractivity contribution in [2.45, 2.75) is 57.9 Å². The molecule has 1 aliphatic rings. The monoisotopic (exact) mass is 423 g/mol. The van der Waals surface area contributed by atoms with Crippen LogP contribution in [0.3, 0.4) is 0 Å². The minimum absolute atomic E-state index is 0.192. The van der Waals surface area contributed by atoms with Gasteiger partial charge in [-0.1, -0.05) is 12.1 Å². The second-order valence-corrected chi connectivity index (χ2v) is 8.66. The molecule has 0 saturated carbocycles. The molecule has 1 amide bonds. The van der Waals surface area contributed by atoms with E-state index in [-0.39, 0.29) is 17.6 Å². The molecule has 6 nitrogen and oxygen atoms in total. The summed E-state index contributed by atoms with van der Waals surface area (Å²) in [5, 5.41) is 11.7. The number of benzene rings is 1. The highest BCUT2D eigenvalue weighted by atomic mass is 19.1. The van der Waals surface area contributed by atoms with E-state index in [4.69, 9.17) is 4.98 Å². The van der Waals surface area contributed by atoms with Gasteiger partial charge in [-0.25, -0.2) is 9.37 Å². The summed E-state index contributed by atoms with van der Waals surface area (Å²) in [5.74, 6) is 1.03. The van der Waals surface area contributed by atoms with Crippen molar-refractivity contribution in [2.24, 2.45) is 0 Å². The van der Waals surface area contributed by atoms with Crippen molar-refractivity contribution in [3.05, 3.63) is 53.5 Å². The summed E-state index contributed by atoms with van der Waals surface area (Å²) < 4.78 is 13.0. The van der Waals surface area contributed by atoms with Crippen molar-refractivity contribution >= 4 is 22.8 Å². The van der Waals surface area contributed by atoms with Gasteiger partial charge in [-0.05, 0) is 69.4 Å². The number of aromatic amines is 1. The molecule has 1 aliphatic heterocycles. The van der Waals surface area contributed by atoms with Gasteiger partial charge in [0.15, 0.2) is 11.5 Å². The van der Waals surface area contributed by atoms with Gasteiger partial charge < -0.3 is 10.2 Å². The number of halogens is 1. The highest BCUT2D eigenvalue weighted by Gasteiger charge is 2.26. The number of hydrogen-bond acceptors (Lipinski definition) is 4. The van der Waals surface area contributed by atoms with Gasteiger partial charge in [0.1, 0.15) is 5.82 Å². The molecule has 1 unspecified atom stereocenters. The van der Waals surface area contributed by atoms with Gasteiger partial charge in [-0.2, -0.15) is 5.10 Å². The second kappa shape index (κ2) is 9.45. The average molecular weight is 424 g/mol. The van der Waals surface area contributed by atoms with Crippen molar-refractivity contribution in [3.63, 3.8) is 0 Å². The van der Waals surface area contributed by atoms with Crippen LogP contribution in [0.2, 0.25) is 0 Å². The largest absolute Gasteiger partial charge is 0.366 e. The lowest BCUT2D eigenvalue weighted by Gasteiger charge is -2.32. The molecule has 0 bridgehead atoms. The number of rotatable bonds is 7. The lowest BCUT2D eigenvalue weighted by atomic mass is 9.93. The maximum Gasteiger partial charge on any atom is 0.222 e. The first kappa shape index (κ1) is 21.3. The lowest BCUT2D eigenvalue weighted by molar-refractivity contribution is -0.132. The number of amides is 1. The molecule has 2 aromatic heterocycles. The minimum atomic E-state index is -0.228. The van der Waals surface area contributed by atoms with Gasteiger partial charge in [0.05, 0.1) is 5.39 Å². The Kier molecular flexibility index (Phi) is 6.49. The Morgan fingerprint density at radius 1 is 1.26 bits per heavy atom. The molecule has 1 fully saturated rings. The van der Waals surface area contributed by atoms with Gasteiger partial charge in [0.2, 0.25) is 5.91 Å². The number of nitrogens with one attached hydrogen (secondary N) is 2. The SMILES string of the molecule is CC(C)Nc1n[nH]c2nc(C3CCCN(C(=O)CCCc4ccc(F)cc4)C3)ccc12. The van der Waals surface area contributed by atoms with Crippen LogP contribution in [0.25, 0.3) is 11.0 Å². The summed E-state index contributed by atoms with van der Waals surface area (Å²) in [6.45, 7) is 5.67. The van der Waals surface area contributed by atoms with Crippen LogP contribution in [0.1, 0.15) is 56.7 Å². The zero-order chi connectivity index (χ0) is 21.8. The van der Waals surface area contributed by atoms with Crippen molar-refractivity contribution in [3.8, 4) is 0 Å². The summed E-state index contributed by atoms with van der Waals surface area (Å²) in [6, 6.07) is 10.9. The summed E-state index contributed by atoms with van der Waals surface area (Å²) in [6.07, 6.45) is 4.09. The molecule has 3 aromatic rings. The van der Waals surface area contributed by atoms with Gasteiger partial charge >= 0.3 is 0 Å². The molecule has 164 valence electrons. The quantitative estimate of drug-likeness (QED) is 0.580. The highest BCUT2D eigenvalue weighted by molar-refractivity contribution is 5.87. The number of piperidine rings is 1. The van der Waals surface area contributed by atoms with E-state index in [1.54, 1.807) is 12.1 Å². The first-order valence-electron chi connectivity index (χ1n) is 11.1. The molecule has 0 radical (unpaired) electrons. The molecule has 4 rings (SSSR count). The molecular weight excluding hydrogens is 393 g/mol.